The summed E-state index contributed by atoms with van der Waals surface area (Å²) in [6.07, 6.45) is 0. The number of hydrogen-bond donors (Lipinski definition) is 0. The molecule has 7 aromatic rings. The largest absolute Gasteiger partial charge is 0.213 e. The van der Waals surface area contributed by atoms with E-state index < -0.39 is 0 Å². The average Bonchev–Trinajstić information content (AvgIpc) is 2.97. The minimum Gasteiger partial charge on any atom is -0.213 e. The normalized spacial score (nSPS) is 11.4. The Morgan fingerprint density at radius 1 is 0.351 bits per heavy atom. The Morgan fingerprint density at radius 2 is 0.784 bits per heavy atom. The summed E-state index contributed by atoms with van der Waals surface area (Å²) in [4.78, 5) is 14.3. The highest BCUT2D eigenvalue weighted by atomic mass is 15.0. The summed E-state index contributed by atoms with van der Waals surface area (Å²) in [5, 5.41) is 7.47. The Morgan fingerprint density at radius 3 is 1.41 bits per heavy atom. The highest BCUT2D eigenvalue weighted by molar-refractivity contribution is 6.25. The Labute approximate surface area is 215 Å². The number of benzene rings is 6. The second kappa shape index (κ2) is 8.65. The van der Waals surface area contributed by atoms with Crippen LogP contribution in [-0.4, -0.2) is 15.0 Å². The molecule has 1 aromatic heterocycles. The van der Waals surface area contributed by atoms with Crippen LogP contribution in [0.1, 0.15) is 5.82 Å². The van der Waals surface area contributed by atoms with Crippen LogP contribution in [0.15, 0.2) is 121 Å². The highest BCUT2D eigenvalue weighted by Gasteiger charge is 2.13. The third-order valence-corrected chi connectivity index (χ3v) is 7.00. The fraction of sp³-hybridized carbons (Fsp3) is 0.0294. The van der Waals surface area contributed by atoms with Crippen molar-refractivity contribution in [1.29, 1.82) is 0 Å². The number of aromatic nitrogens is 3. The summed E-state index contributed by atoms with van der Waals surface area (Å²) in [5.41, 5.74) is 4.32. The average molecular weight is 474 g/mol. The molecule has 3 nitrogen and oxygen atoms in total. The van der Waals surface area contributed by atoms with Crippen LogP contribution in [0.2, 0.25) is 0 Å². The third kappa shape index (κ3) is 3.73. The van der Waals surface area contributed by atoms with Crippen LogP contribution in [-0.2, 0) is 0 Å². The van der Waals surface area contributed by atoms with Gasteiger partial charge >= 0.3 is 0 Å². The SMILES string of the molecule is Cc1nc(-c2ccc(-c3ccccc3)cc2)nc(-c2ccc3c4ccccc4c4ccccc4c3c2)n1. The zero-order valence-electron chi connectivity index (χ0n) is 20.4. The van der Waals surface area contributed by atoms with E-state index in [1.54, 1.807) is 0 Å². The van der Waals surface area contributed by atoms with E-state index in [0.717, 1.165) is 11.1 Å². The van der Waals surface area contributed by atoms with Gasteiger partial charge in [-0.3, -0.25) is 0 Å². The van der Waals surface area contributed by atoms with Gasteiger partial charge in [-0.1, -0.05) is 115 Å². The van der Waals surface area contributed by atoms with Gasteiger partial charge in [-0.15, -0.1) is 0 Å². The third-order valence-electron chi connectivity index (χ3n) is 7.00. The van der Waals surface area contributed by atoms with Crippen LogP contribution in [0.4, 0.5) is 0 Å². The van der Waals surface area contributed by atoms with Gasteiger partial charge in [-0.25, -0.2) is 15.0 Å². The van der Waals surface area contributed by atoms with Crippen molar-refractivity contribution in [1.82, 2.24) is 15.0 Å². The van der Waals surface area contributed by atoms with E-state index in [1.807, 2.05) is 13.0 Å². The molecule has 7 rings (SSSR count). The van der Waals surface area contributed by atoms with Gasteiger partial charge in [0, 0.05) is 11.1 Å². The molecule has 0 saturated carbocycles. The molecule has 174 valence electrons. The maximum absolute atomic E-state index is 4.90. The molecule has 0 saturated heterocycles. The van der Waals surface area contributed by atoms with Gasteiger partial charge in [0.05, 0.1) is 0 Å². The monoisotopic (exact) mass is 473 g/mol. The van der Waals surface area contributed by atoms with Crippen molar-refractivity contribution >= 4 is 32.3 Å². The van der Waals surface area contributed by atoms with E-state index in [4.69, 9.17) is 9.97 Å². The lowest BCUT2D eigenvalue weighted by atomic mass is 9.93. The van der Waals surface area contributed by atoms with Crippen molar-refractivity contribution in [2.45, 2.75) is 6.92 Å². The van der Waals surface area contributed by atoms with Crippen LogP contribution in [0.5, 0.6) is 0 Å². The molecule has 0 bridgehead atoms. The maximum atomic E-state index is 4.90. The van der Waals surface area contributed by atoms with E-state index in [0.29, 0.717) is 17.5 Å². The Kier molecular flexibility index (Phi) is 5.00. The highest BCUT2D eigenvalue weighted by Crippen LogP contribution is 2.36. The molecule has 0 amide bonds. The van der Waals surface area contributed by atoms with Crippen molar-refractivity contribution in [2.75, 3.05) is 0 Å². The van der Waals surface area contributed by atoms with Gasteiger partial charge < -0.3 is 0 Å². The standard InChI is InChI=1S/C34H23N3/c1-22-35-33(25-17-15-24(16-18-25)23-9-3-2-4-10-23)37-34(36-22)26-19-20-31-29-13-6-5-11-27(29)28-12-7-8-14-30(28)32(31)21-26/h2-21H,1H3. The molecule has 0 aliphatic rings. The minimum atomic E-state index is 0.686. The van der Waals surface area contributed by atoms with Crippen LogP contribution >= 0.6 is 0 Å². The molecule has 0 spiro atoms. The lowest BCUT2D eigenvalue weighted by Gasteiger charge is -2.12. The molecule has 0 atom stereocenters. The fourth-order valence-electron chi connectivity index (χ4n) is 5.23. The van der Waals surface area contributed by atoms with Gasteiger partial charge in [0.2, 0.25) is 0 Å². The molecule has 1 heterocycles. The molecule has 0 aliphatic heterocycles. The predicted octanol–water partition coefficient (Wildman–Crippen LogP) is 8.64. The zero-order valence-corrected chi connectivity index (χ0v) is 20.4. The fourth-order valence-corrected chi connectivity index (χ4v) is 5.23. The molecule has 6 aromatic carbocycles. The van der Waals surface area contributed by atoms with Crippen molar-refractivity contribution in [3.8, 4) is 33.9 Å². The second-order valence-corrected chi connectivity index (χ2v) is 9.32. The Hall–Kier alpha value is -4.89. The molecule has 0 unspecified atom stereocenters. The second-order valence-electron chi connectivity index (χ2n) is 9.32. The summed E-state index contributed by atoms with van der Waals surface area (Å²) >= 11 is 0. The van der Waals surface area contributed by atoms with Gasteiger partial charge in [0.1, 0.15) is 5.82 Å². The molecule has 0 fully saturated rings. The summed E-state index contributed by atoms with van der Waals surface area (Å²) in [7, 11) is 0. The first kappa shape index (κ1) is 21.4. The van der Waals surface area contributed by atoms with Gasteiger partial charge in [-0.05, 0) is 56.4 Å². The van der Waals surface area contributed by atoms with Crippen LogP contribution in [0.3, 0.4) is 0 Å². The summed E-state index contributed by atoms with van der Waals surface area (Å²) in [6.45, 7) is 1.93. The molecule has 3 heteroatoms. The van der Waals surface area contributed by atoms with Crippen LogP contribution < -0.4 is 0 Å². The lowest BCUT2D eigenvalue weighted by Crippen LogP contribution is -1.99. The molecule has 0 N–H and O–H groups in total. The van der Waals surface area contributed by atoms with Crippen molar-refractivity contribution < 1.29 is 0 Å². The maximum Gasteiger partial charge on any atom is 0.163 e. The topological polar surface area (TPSA) is 38.7 Å². The lowest BCUT2D eigenvalue weighted by molar-refractivity contribution is 0.992. The number of nitrogens with zero attached hydrogens (tertiary/aromatic N) is 3. The summed E-state index contributed by atoms with van der Waals surface area (Å²) in [6, 6.07) is 42.6. The zero-order chi connectivity index (χ0) is 24.8. The van der Waals surface area contributed by atoms with E-state index in [9.17, 15) is 0 Å². The summed E-state index contributed by atoms with van der Waals surface area (Å²) in [5.74, 6) is 2.08. The molecule has 37 heavy (non-hydrogen) atoms. The first-order valence-corrected chi connectivity index (χ1v) is 12.5. The van der Waals surface area contributed by atoms with Crippen LogP contribution in [0.25, 0.3) is 66.2 Å². The molecule has 0 radical (unpaired) electrons. The van der Waals surface area contributed by atoms with E-state index in [2.05, 4.69) is 120 Å². The quantitative estimate of drug-likeness (QED) is 0.241. The number of fused-ring (bicyclic) bond motifs is 6. The minimum absolute atomic E-state index is 0.686. The van der Waals surface area contributed by atoms with Crippen LogP contribution in [0, 0.1) is 6.92 Å². The molecule has 0 aliphatic carbocycles. The molecular formula is C34H23N3. The number of rotatable bonds is 3. The predicted molar refractivity (Wildman–Crippen MR) is 153 cm³/mol. The van der Waals surface area contributed by atoms with Gasteiger partial charge in [-0.2, -0.15) is 0 Å². The number of aryl methyl sites for hydroxylation is 1. The molecular weight excluding hydrogens is 450 g/mol. The van der Waals surface area contributed by atoms with Crippen molar-refractivity contribution in [3.05, 3.63) is 127 Å². The first-order valence-electron chi connectivity index (χ1n) is 12.5. The first-order chi connectivity index (χ1) is 18.2. The Balaban J connectivity index is 1.36. The number of hydrogen-bond acceptors (Lipinski definition) is 3. The van der Waals surface area contributed by atoms with Gasteiger partial charge in [0.25, 0.3) is 0 Å². The van der Waals surface area contributed by atoms with E-state index >= 15 is 0 Å². The van der Waals surface area contributed by atoms with Crippen molar-refractivity contribution in [2.24, 2.45) is 0 Å². The van der Waals surface area contributed by atoms with E-state index in [-0.39, 0.29) is 0 Å². The Bertz CT molecular complexity index is 1890. The van der Waals surface area contributed by atoms with E-state index in [1.165, 1.54) is 43.4 Å². The summed E-state index contributed by atoms with van der Waals surface area (Å²) < 4.78 is 0. The van der Waals surface area contributed by atoms with Gasteiger partial charge in [0.15, 0.2) is 11.6 Å². The van der Waals surface area contributed by atoms with Crippen molar-refractivity contribution in [3.63, 3.8) is 0 Å². The smallest absolute Gasteiger partial charge is 0.163 e.